The van der Waals surface area contributed by atoms with Gasteiger partial charge in [0.15, 0.2) is 0 Å². The number of carbonyl (C=O) groups excluding carboxylic acids is 1. The molecule has 5 rings (SSSR count). The molecule has 3 aliphatic rings. The van der Waals surface area contributed by atoms with Gasteiger partial charge in [0, 0.05) is 50.8 Å². The minimum Gasteiger partial charge on any atom is -0.490 e. The van der Waals surface area contributed by atoms with Crippen LogP contribution in [0.25, 0.3) is 0 Å². The molecule has 1 amide bonds. The molecule has 53 heavy (non-hydrogen) atoms. The van der Waals surface area contributed by atoms with Crippen LogP contribution < -0.4 is 14.8 Å². The molecule has 0 unspecified atom stereocenters. The lowest BCUT2D eigenvalue weighted by Crippen LogP contribution is -2.69. The number of aliphatic hydroxyl groups is 2. The smallest absolute Gasteiger partial charge is 0.243 e. The third-order valence-electron chi connectivity index (χ3n) is 10.5. The van der Waals surface area contributed by atoms with Crippen LogP contribution in [0.3, 0.4) is 0 Å². The Morgan fingerprint density at radius 3 is 2.40 bits per heavy atom. The van der Waals surface area contributed by atoms with E-state index in [-0.39, 0.29) is 54.8 Å². The summed E-state index contributed by atoms with van der Waals surface area (Å²) in [6.45, 7) is 9.67. The van der Waals surface area contributed by atoms with E-state index in [0.717, 1.165) is 36.8 Å². The van der Waals surface area contributed by atoms with Crippen molar-refractivity contribution in [3.8, 4) is 11.5 Å². The van der Waals surface area contributed by atoms with Crippen molar-refractivity contribution in [1.29, 1.82) is 0 Å². The number of aliphatic hydroxyl groups excluding tert-OH is 2. The molecule has 0 aromatic heterocycles. The standard InChI is InChI=1S/C40H53N3O9S/c1-6-22-50-30-16-19-36-34(25-30)38-32(13-9-11-21-45)28(12-8-10-20-44)24-33-35(42-49-5)26-37(40(52-36,39(33)38)51-23-7-2)43(4)53(47,48)31-17-14-29(15-18-31)41-27(3)46/h6-7,14-19,24-25,28,32,37-39,44-45H,1-2,8-13,20-23,26H2,3-5H3,(H,41,46)/t28-,32+,37-,38+,39+,40+/m0/s1. The first-order chi connectivity index (χ1) is 25.6. The second kappa shape index (κ2) is 17.9. The minimum absolute atomic E-state index is 0.0313. The van der Waals surface area contributed by atoms with Crippen LogP contribution in [0.2, 0.25) is 0 Å². The number of ether oxygens (including phenoxy) is 3. The first-order valence-electron chi connectivity index (χ1n) is 18.3. The summed E-state index contributed by atoms with van der Waals surface area (Å²) in [5, 5.41) is 26.7. The lowest BCUT2D eigenvalue weighted by atomic mass is 9.55. The number of anilines is 1. The van der Waals surface area contributed by atoms with E-state index in [1.54, 1.807) is 24.3 Å². The van der Waals surface area contributed by atoms with Gasteiger partial charge in [0.2, 0.25) is 21.7 Å². The Labute approximate surface area is 313 Å². The van der Waals surface area contributed by atoms with Crippen molar-refractivity contribution in [3.05, 3.63) is 85.0 Å². The van der Waals surface area contributed by atoms with Gasteiger partial charge < -0.3 is 34.6 Å². The van der Waals surface area contributed by atoms with Gasteiger partial charge in [-0.1, -0.05) is 42.8 Å². The molecule has 2 aliphatic carbocycles. The lowest BCUT2D eigenvalue weighted by molar-refractivity contribution is -0.250. The fourth-order valence-electron chi connectivity index (χ4n) is 8.31. The normalized spacial score (nSPS) is 25.4. The average Bonchev–Trinajstić information content (AvgIpc) is 3.14. The van der Waals surface area contributed by atoms with E-state index < -0.39 is 27.8 Å². The number of hydrogen-bond donors (Lipinski definition) is 3. The minimum atomic E-state index is -4.17. The summed E-state index contributed by atoms with van der Waals surface area (Å²) in [5.41, 5.74) is 2.86. The molecular weight excluding hydrogens is 699 g/mol. The number of nitrogens with zero attached hydrogens (tertiary/aromatic N) is 2. The zero-order valence-electron chi connectivity index (χ0n) is 30.9. The van der Waals surface area contributed by atoms with Crippen molar-refractivity contribution in [2.24, 2.45) is 22.9 Å². The quantitative estimate of drug-likeness (QED) is 0.0919. The van der Waals surface area contributed by atoms with Crippen molar-refractivity contribution in [3.63, 3.8) is 0 Å². The van der Waals surface area contributed by atoms with Crippen LogP contribution in [0.5, 0.6) is 11.5 Å². The maximum atomic E-state index is 14.5. The highest BCUT2D eigenvalue weighted by Gasteiger charge is 2.65. The Hall–Kier alpha value is -4.01. The number of likely N-dealkylation sites (N-methyl/N-ethyl adjacent to an activating group) is 1. The van der Waals surface area contributed by atoms with E-state index in [2.05, 4.69) is 29.7 Å². The van der Waals surface area contributed by atoms with Gasteiger partial charge in [-0.05, 0) is 85.6 Å². The number of benzene rings is 2. The molecule has 12 nitrogen and oxygen atoms in total. The highest BCUT2D eigenvalue weighted by Crippen LogP contribution is 2.62. The summed E-state index contributed by atoms with van der Waals surface area (Å²) in [7, 11) is -1.17. The van der Waals surface area contributed by atoms with E-state index in [1.807, 2.05) is 18.2 Å². The molecule has 1 heterocycles. The molecule has 0 bridgehead atoms. The van der Waals surface area contributed by atoms with Gasteiger partial charge >= 0.3 is 0 Å². The lowest BCUT2D eigenvalue weighted by Gasteiger charge is -2.59. The maximum Gasteiger partial charge on any atom is 0.243 e. The summed E-state index contributed by atoms with van der Waals surface area (Å²) in [6.07, 6.45) is 10.1. The first kappa shape index (κ1) is 40.2. The summed E-state index contributed by atoms with van der Waals surface area (Å²) in [4.78, 5) is 17.1. The molecule has 288 valence electrons. The van der Waals surface area contributed by atoms with Crippen LogP contribution in [0, 0.1) is 17.8 Å². The van der Waals surface area contributed by atoms with Gasteiger partial charge in [-0.15, -0.1) is 6.58 Å². The number of sulfonamides is 1. The monoisotopic (exact) mass is 751 g/mol. The van der Waals surface area contributed by atoms with Gasteiger partial charge in [-0.25, -0.2) is 8.42 Å². The van der Waals surface area contributed by atoms with Gasteiger partial charge in [-0.2, -0.15) is 4.31 Å². The number of carbonyl (C=O) groups is 1. The number of fused-ring (bicyclic) bond motifs is 2. The number of hydrogen-bond acceptors (Lipinski definition) is 10. The Kier molecular flexibility index (Phi) is 13.6. The molecule has 1 fully saturated rings. The number of rotatable bonds is 19. The third-order valence-corrected chi connectivity index (χ3v) is 12.4. The van der Waals surface area contributed by atoms with Crippen molar-refractivity contribution in [2.75, 3.05) is 45.9 Å². The predicted octanol–water partition coefficient (Wildman–Crippen LogP) is 5.79. The first-order valence-corrected chi connectivity index (χ1v) is 19.7. The Morgan fingerprint density at radius 2 is 1.75 bits per heavy atom. The average molecular weight is 752 g/mol. The van der Waals surface area contributed by atoms with Crippen LogP contribution in [-0.4, -0.2) is 87.0 Å². The number of amides is 1. The van der Waals surface area contributed by atoms with Crippen LogP contribution in [0.15, 0.2) is 89.5 Å². The van der Waals surface area contributed by atoms with Crippen molar-refractivity contribution < 1.29 is 42.5 Å². The van der Waals surface area contributed by atoms with Crippen LogP contribution >= 0.6 is 0 Å². The van der Waals surface area contributed by atoms with E-state index in [1.165, 1.54) is 37.5 Å². The highest BCUT2D eigenvalue weighted by atomic mass is 32.2. The topological polar surface area (TPSA) is 156 Å². The highest BCUT2D eigenvalue weighted by molar-refractivity contribution is 7.89. The molecule has 0 radical (unpaired) electrons. The Balaban J connectivity index is 1.74. The van der Waals surface area contributed by atoms with Crippen LogP contribution in [-0.2, 0) is 24.4 Å². The summed E-state index contributed by atoms with van der Waals surface area (Å²) in [6, 6.07) is 10.8. The SMILES string of the molecule is C=CCOc1ccc2c(c1)[C@H]1[C@H](CCCCO)[C@@H](CCCCO)C=C3C(=NOC)C[C@H](N(C)S(=O)(=O)c4ccc(NC(C)=O)cc4)[C@@](OCC=C)(O2)[C@H]31. The largest absolute Gasteiger partial charge is 0.490 e. The molecule has 0 saturated heterocycles. The molecule has 0 spiro atoms. The van der Waals surface area contributed by atoms with Gasteiger partial charge in [0.1, 0.15) is 25.2 Å². The van der Waals surface area contributed by atoms with Crippen molar-refractivity contribution in [1.82, 2.24) is 4.31 Å². The molecule has 1 saturated carbocycles. The Morgan fingerprint density at radius 1 is 1.06 bits per heavy atom. The maximum absolute atomic E-state index is 14.5. The number of nitrogens with one attached hydrogen (secondary N) is 1. The third kappa shape index (κ3) is 8.39. The second-order valence-electron chi connectivity index (χ2n) is 13.8. The van der Waals surface area contributed by atoms with Gasteiger partial charge in [0.05, 0.1) is 29.2 Å². The van der Waals surface area contributed by atoms with E-state index in [9.17, 15) is 23.4 Å². The van der Waals surface area contributed by atoms with E-state index in [0.29, 0.717) is 42.3 Å². The van der Waals surface area contributed by atoms with E-state index >= 15 is 0 Å². The zero-order chi connectivity index (χ0) is 38.2. The van der Waals surface area contributed by atoms with Crippen LogP contribution in [0.4, 0.5) is 5.69 Å². The van der Waals surface area contributed by atoms with Gasteiger partial charge in [-0.3, -0.25) is 4.79 Å². The number of oxime groups is 1. The zero-order valence-corrected chi connectivity index (χ0v) is 31.7. The molecule has 3 N–H and O–H groups in total. The molecule has 2 aromatic rings. The summed E-state index contributed by atoms with van der Waals surface area (Å²) < 4.78 is 50.3. The predicted molar refractivity (Wildman–Crippen MR) is 203 cm³/mol. The second-order valence-corrected chi connectivity index (χ2v) is 15.8. The van der Waals surface area contributed by atoms with E-state index in [4.69, 9.17) is 19.0 Å². The van der Waals surface area contributed by atoms with Gasteiger partial charge in [0.25, 0.3) is 0 Å². The molecule has 1 aliphatic heterocycles. The molecular formula is C40H53N3O9S. The Bertz CT molecular complexity index is 1780. The summed E-state index contributed by atoms with van der Waals surface area (Å²) in [5.74, 6) is -1.27. The van der Waals surface area contributed by atoms with Crippen molar-refractivity contribution >= 4 is 27.3 Å². The molecule has 2 aromatic carbocycles. The summed E-state index contributed by atoms with van der Waals surface area (Å²) >= 11 is 0. The number of unbranched alkanes of at least 4 members (excludes halogenated alkanes) is 2. The molecule has 6 atom stereocenters. The van der Waals surface area contributed by atoms with Crippen LogP contribution in [0.1, 0.15) is 63.4 Å². The number of allylic oxidation sites excluding steroid dienone is 1. The fraction of sp³-hybridized carbons (Fsp3) is 0.500. The fourth-order valence-corrected chi connectivity index (χ4v) is 9.67. The van der Waals surface area contributed by atoms with Crippen molar-refractivity contribution in [2.45, 2.75) is 74.5 Å². The molecule has 13 heteroatoms.